The van der Waals surface area contributed by atoms with Gasteiger partial charge in [-0.25, -0.2) is 4.79 Å². The normalized spacial score (nSPS) is 28.6. The van der Waals surface area contributed by atoms with Crippen LogP contribution in [-0.4, -0.2) is 34.6 Å². The number of nitrogens with one attached hydrogen (secondary N) is 2. The minimum atomic E-state index is -0.181. The third kappa shape index (κ3) is 2.77. The molecule has 118 valence electrons. The molecule has 0 aromatic carbocycles. The van der Waals surface area contributed by atoms with E-state index in [1.807, 2.05) is 20.2 Å². The molecule has 0 aliphatic heterocycles. The van der Waals surface area contributed by atoms with Crippen molar-refractivity contribution in [1.29, 1.82) is 0 Å². The maximum Gasteiger partial charge on any atom is 0.315 e. The predicted octanol–water partition coefficient (Wildman–Crippen LogP) is 1.98. The van der Waals surface area contributed by atoms with Gasteiger partial charge in [-0.3, -0.25) is 4.68 Å². The lowest BCUT2D eigenvalue weighted by atomic mass is 9.56. The molecule has 2 rings (SSSR count). The van der Waals surface area contributed by atoms with Crippen molar-refractivity contribution in [2.75, 3.05) is 7.11 Å². The van der Waals surface area contributed by atoms with Gasteiger partial charge in [-0.15, -0.1) is 0 Å². The van der Waals surface area contributed by atoms with Gasteiger partial charge in [0.25, 0.3) is 0 Å². The summed E-state index contributed by atoms with van der Waals surface area (Å²) in [5.41, 5.74) is 0.721. The summed E-state index contributed by atoms with van der Waals surface area (Å²) in [4.78, 5) is 12.1. The van der Waals surface area contributed by atoms with Crippen LogP contribution >= 0.6 is 0 Å². The highest BCUT2D eigenvalue weighted by atomic mass is 16.5. The molecule has 1 aromatic heterocycles. The topological polar surface area (TPSA) is 68.2 Å². The Hall–Kier alpha value is -1.56. The van der Waals surface area contributed by atoms with E-state index in [4.69, 9.17) is 4.74 Å². The third-order valence-electron chi connectivity index (χ3n) is 5.16. The van der Waals surface area contributed by atoms with Crippen LogP contribution in [0.15, 0.2) is 12.4 Å². The van der Waals surface area contributed by atoms with Crippen LogP contribution in [-0.2, 0) is 11.8 Å². The van der Waals surface area contributed by atoms with Crippen molar-refractivity contribution in [3.63, 3.8) is 0 Å². The van der Waals surface area contributed by atoms with Crippen molar-refractivity contribution in [3.8, 4) is 0 Å². The van der Waals surface area contributed by atoms with E-state index in [1.165, 1.54) is 0 Å². The van der Waals surface area contributed by atoms with E-state index in [1.54, 1.807) is 18.0 Å². The van der Waals surface area contributed by atoms with Crippen LogP contribution in [0.25, 0.3) is 0 Å². The average Bonchev–Trinajstić information content (AvgIpc) is 2.84. The van der Waals surface area contributed by atoms with E-state index in [2.05, 4.69) is 36.5 Å². The molecule has 1 aliphatic rings. The van der Waals surface area contributed by atoms with Crippen LogP contribution in [0.2, 0.25) is 0 Å². The Balaban J connectivity index is 1.89. The lowest BCUT2D eigenvalue weighted by Crippen LogP contribution is -2.69. The minimum Gasteiger partial charge on any atom is -0.378 e. The number of aryl methyl sites for hydroxylation is 1. The number of hydrogen-bond acceptors (Lipinski definition) is 3. The van der Waals surface area contributed by atoms with E-state index in [9.17, 15) is 4.79 Å². The number of rotatable bonds is 4. The minimum absolute atomic E-state index is 0.0734. The molecular formula is C15H26N4O2. The molecule has 1 aliphatic carbocycles. The number of nitrogens with zero attached hydrogens (tertiary/aromatic N) is 2. The molecule has 3 atom stereocenters. The molecule has 6 nitrogen and oxygen atoms in total. The van der Waals surface area contributed by atoms with Gasteiger partial charge in [0.15, 0.2) is 0 Å². The Kier molecular flexibility index (Phi) is 4.02. The second kappa shape index (κ2) is 5.33. The maximum atomic E-state index is 12.1. The van der Waals surface area contributed by atoms with Crippen molar-refractivity contribution in [3.05, 3.63) is 18.0 Å². The fourth-order valence-electron chi connectivity index (χ4n) is 2.87. The molecule has 1 aromatic rings. The van der Waals surface area contributed by atoms with Gasteiger partial charge in [-0.05, 0) is 20.3 Å². The van der Waals surface area contributed by atoms with Gasteiger partial charge in [-0.2, -0.15) is 5.10 Å². The number of ether oxygens (including phenoxy) is 1. The first-order valence-electron chi connectivity index (χ1n) is 7.30. The number of amides is 2. The van der Waals surface area contributed by atoms with Crippen molar-refractivity contribution < 1.29 is 9.53 Å². The van der Waals surface area contributed by atoms with Gasteiger partial charge in [0.2, 0.25) is 0 Å². The number of methoxy groups -OCH3 is 1. The smallest absolute Gasteiger partial charge is 0.315 e. The molecule has 21 heavy (non-hydrogen) atoms. The van der Waals surface area contributed by atoms with Crippen LogP contribution in [0.5, 0.6) is 0 Å². The van der Waals surface area contributed by atoms with Crippen molar-refractivity contribution in [2.24, 2.45) is 12.5 Å². The Morgan fingerprint density at radius 3 is 2.67 bits per heavy atom. The molecule has 1 fully saturated rings. The number of urea groups is 1. The molecule has 0 radical (unpaired) electrons. The quantitative estimate of drug-likeness (QED) is 0.892. The van der Waals surface area contributed by atoms with E-state index in [0.29, 0.717) is 0 Å². The fraction of sp³-hybridized carbons (Fsp3) is 0.733. The molecule has 0 unspecified atom stereocenters. The second-order valence-electron chi connectivity index (χ2n) is 6.70. The SMILES string of the molecule is CO[C@]1(C)C[C@@H](NC(=O)N[C@H](C)c2cnn(C)c2)C1(C)C. The highest BCUT2D eigenvalue weighted by Crippen LogP contribution is 2.51. The summed E-state index contributed by atoms with van der Waals surface area (Å²) in [5.74, 6) is 0. The zero-order valence-corrected chi connectivity index (χ0v) is 13.7. The molecule has 1 heterocycles. The number of aromatic nitrogens is 2. The Labute approximate surface area is 126 Å². The Morgan fingerprint density at radius 1 is 1.52 bits per heavy atom. The average molecular weight is 294 g/mol. The fourth-order valence-corrected chi connectivity index (χ4v) is 2.87. The first kappa shape index (κ1) is 15.8. The molecule has 2 amide bonds. The van der Waals surface area contributed by atoms with Gasteiger partial charge in [0, 0.05) is 37.4 Å². The summed E-state index contributed by atoms with van der Waals surface area (Å²) < 4.78 is 7.30. The highest BCUT2D eigenvalue weighted by molar-refractivity contribution is 5.75. The largest absolute Gasteiger partial charge is 0.378 e. The summed E-state index contributed by atoms with van der Waals surface area (Å²) in [6, 6.07) is -0.109. The van der Waals surface area contributed by atoms with Crippen molar-refractivity contribution >= 4 is 6.03 Å². The van der Waals surface area contributed by atoms with Crippen LogP contribution in [0.1, 0.15) is 45.7 Å². The lowest BCUT2D eigenvalue weighted by Gasteiger charge is -2.59. The molecule has 2 N–H and O–H groups in total. The van der Waals surface area contributed by atoms with Crippen LogP contribution < -0.4 is 10.6 Å². The molecule has 6 heteroatoms. The summed E-state index contributed by atoms with van der Waals surface area (Å²) in [6.45, 7) is 8.27. The van der Waals surface area contributed by atoms with Gasteiger partial charge >= 0.3 is 6.03 Å². The zero-order chi connectivity index (χ0) is 15.8. The number of hydrogen-bond donors (Lipinski definition) is 2. The zero-order valence-electron chi connectivity index (χ0n) is 13.7. The second-order valence-corrected chi connectivity index (χ2v) is 6.70. The van der Waals surface area contributed by atoms with Crippen molar-refractivity contribution in [2.45, 2.75) is 51.8 Å². The van der Waals surface area contributed by atoms with Crippen molar-refractivity contribution in [1.82, 2.24) is 20.4 Å². The van der Waals surface area contributed by atoms with Gasteiger partial charge in [-0.1, -0.05) is 13.8 Å². The van der Waals surface area contributed by atoms with Crippen LogP contribution in [0.3, 0.4) is 0 Å². The molecular weight excluding hydrogens is 268 g/mol. The highest BCUT2D eigenvalue weighted by Gasteiger charge is 2.58. The lowest BCUT2D eigenvalue weighted by molar-refractivity contribution is -0.177. The van der Waals surface area contributed by atoms with E-state index >= 15 is 0 Å². The Bertz CT molecular complexity index is 525. The van der Waals surface area contributed by atoms with E-state index < -0.39 is 0 Å². The number of carbonyl (C=O) groups excluding carboxylic acids is 1. The standard InChI is InChI=1S/C15H26N4O2/c1-10(11-8-16-19(5)9-11)17-13(20)18-12-7-15(4,21-6)14(12,2)3/h8-10,12H,7H2,1-6H3,(H2,17,18,20)/t10-,12-,15-/m1/s1. The van der Waals surface area contributed by atoms with Gasteiger partial charge < -0.3 is 15.4 Å². The summed E-state index contributed by atoms with van der Waals surface area (Å²) in [7, 11) is 3.58. The summed E-state index contributed by atoms with van der Waals surface area (Å²) >= 11 is 0. The monoisotopic (exact) mass is 294 g/mol. The maximum absolute atomic E-state index is 12.1. The van der Waals surface area contributed by atoms with Gasteiger partial charge in [0.1, 0.15) is 0 Å². The molecule has 1 saturated carbocycles. The van der Waals surface area contributed by atoms with Crippen LogP contribution in [0, 0.1) is 5.41 Å². The first-order valence-corrected chi connectivity index (χ1v) is 7.30. The summed E-state index contributed by atoms with van der Waals surface area (Å²) in [5, 5.41) is 10.1. The Morgan fingerprint density at radius 2 is 2.19 bits per heavy atom. The van der Waals surface area contributed by atoms with E-state index in [0.717, 1.165) is 12.0 Å². The molecule has 0 bridgehead atoms. The first-order chi connectivity index (χ1) is 9.69. The summed E-state index contributed by atoms with van der Waals surface area (Å²) in [6.07, 6.45) is 4.49. The van der Waals surface area contributed by atoms with Gasteiger partial charge in [0.05, 0.1) is 17.8 Å². The van der Waals surface area contributed by atoms with E-state index in [-0.39, 0.29) is 29.1 Å². The third-order valence-corrected chi connectivity index (χ3v) is 5.16. The predicted molar refractivity (Wildman–Crippen MR) is 80.9 cm³/mol. The number of carbonyl (C=O) groups is 1. The molecule has 0 spiro atoms. The van der Waals surface area contributed by atoms with Crippen LogP contribution in [0.4, 0.5) is 4.79 Å². The molecule has 0 saturated heterocycles.